The van der Waals surface area contributed by atoms with Crippen LogP contribution in [0.25, 0.3) is 0 Å². The molecule has 0 bridgehead atoms. The van der Waals surface area contributed by atoms with E-state index < -0.39 is 4.92 Å². The third kappa shape index (κ3) is 2.68. The van der Waals surface area contributed by atoms with Gasteiger partial charge in [-0.2, -0.15) is 0 Å². The van der Waals surface area contributed by atoms with E-state index in [0.29, 0.717) is 5.56 Å². The number of rotatable bonds is 3. The van der Waals surface area contributed by atoms with Crippen molar-refractivity contribution < 1.29 is 15.1 Å². The number of nitro groups is 1. The van der Waals surface area contributed by atoms with E-state index in [1.54, 1.807) is 0 Å². The Hall–Kier alpha value is -1.66. The molecule has 0 aliphatic heterocycles. The minimum atomic E-state index is -0.579. The summed E-state index contributed by atoms with van der Waals surface area (Å²) >= 11 is 0. The van der Waals surface area contributed by atoms with Gasteiger partial charge >= 0.3 is 0 Å². The zero-order valence-corrected chi connectivity index (χ0v) is 7.51. The summed E-state index contributed by atoms with van der Waals surface area (Å²) in [5, 5.41) is 28.1. The fourth-order valence-corrected chi connectivity index (χ4v) is 1.05. The maximum atomic E-state index is 10.5. The Balaban J connectivity index is 0.00000169. The molecule has 0 amide bonds. The standard InChI is InChI=1S/C8H9NO4.H3N/c10-4-3-6-1-2-7(11)5-8(6)9(12)13;/h1-2,5,10-11H,3-4H2;1H3. The molecule has 0 aromatic heterocycles. The average Bonchev–Trinajstić information content (AvgIpc) is 2.08. The van der Waals surface area contributed by atoms with Crippen LogP contribution in [0.5, 0.6) is 5.75 Å². The number of benzene rings is 1. The van der Waals surface area contributed by atoms with Gasteiger partial charge in [-0.1, -0.05) is 0 Å². The van der Waals surface area contributed by atoms with Crippen molar-refractivity contribution in [3.8, 4) is 5.75 Å². The number of aliphatic hydroxyl groups is 1. The zero-order chi connectivity index (χ0) is 9.84. The van der Waals surface area contributed by atoms with Crippen LogP contribution in [0.4, 0.5) is 5.69 Å². The first-order chi connectivity index (χ1) is 6.15. The zero-order valence-electron chi connectivity index (χ0n) is 7.51. The van der Waals surface area contributed by atoms with Crippen molar-refractivity contribution in [1.82, 2.24) is 6.15 Å². The van der Waals surface area contributed by atoms with E-state index in [4.69, 9.17) is 10.2 Å². The molecule has 0 atom stereocenters. The molecule has 6 heteroatoms. The van der Waals surface area contributed by atoms with Gasteiger partial charge < -0.3 is 16.4 Å². The van der Waals surface area contributed by atoms with Crippen molar-refractivity contribution in [3.05, 3.63) is 33.9 Å². The molecule has 0 saturated carbocycles. The number of aliphatic hydroxyl groups excluding tert-OH is 1. The van der Waals surface area contributed by atoms with Gasteiger partial charge in [-0.05, 0) is 12.1 Å². The van der Waals surface area contributed by atoms with Crippen molar-refractivity contribution in [3.63, 3.8) is 0 Å². The highest BCUT2D eigenvalue weighted by molar-refractivity contribution is 5.45. The van der Waals surface area contributed by atoms with Gasteiger partial charge in [0, 0.05) is 18.6 Å². The van der Waals surface area contributed by atoms with Gasteiger partial charge in [0.25, 0.3) is 5.69 Å². The average molecular weight is 200 g/mol. The van der Waals surface area contributed by atoms with E-state index in [9.17, 15) is 10.1 Å². The Morgan fingerprint density at radius 3 is 2.57 bits per heavy atom. The van der Waals surface area contributed by atoms with E-state index in [1.807, 2.05) is 0 Å². The number of phenolic OH excluding ortho intramolecular Hbond substituents is 1. The van der Waals surface area contributed by atoms with Crippen LogP contribution in [0.3, 0.4) is 0 Å². The summed E-state index contributed by atoms with van der Waals surface area (Å²) in [5.41, 5.74) is 0.263. The fraction of sp³-hybridized carbons (Fsp3) is 0.250. The van der Waals surface area contributed by atoms with Crippen molar-refractivity contribution in [1.29, 1.82) is 0 Å². The molecule has 0 radical (unpaired) electrons. The molecule has 14 heavy (non-hydrogen) atoms. The second kappa shape index (κ2) is 5.15. The predicted octanol–water partition coefficient (Wildman–Crippen LogP) is 0.997. The van der Waals surface area contributed by atoms with E-state index in [2.05, 4.69) is 0 Å². The molecule has 0 spiro atoms. The van der Waals surface area contributed by atoms with E-state index in [1.165, 1.54) is 12.1 Å². The lowest BCUT2D eigenvalue weighted by Crippen LogP contribution is -1.97. The van der Waals surface area contributed by atoms with Gasteiger partial charge in [0.15, 0.2) is 0 Å². The van der Waals surface area contributed by atoms with Crippen LogP contribution >= 0.6 is 0 Å². The lowest BCUT2D eigenvalue weighted by Gasteiger charge is -2.00. The summed E-state index contributed by atoms with van der Waals surface area (Å²) in [6.45, 7) is -0.147. The Kier molecular flexibility index (Phi) is 4.54. The molecule has 0 saturated heterocycles. The normalized spacial score (nSPS) is 9.21. The molecule has 0 unspecified atom stereocenters. The van der Waals surface area contributed by atoms with Crippen LogP contribution in [0, 0.1) is 10.1 Å². The molecule has 0 aliphatic rings. The largest absolute Gasteiger partial charge is 0.508 e. The van der Waals surface area contributed by atoms with Gasteiger partial charge in [0.1, 0.15) is 5.75 Å². The second-order valence-electron chi connectivity index (χ2n) is 2.54. The van der Waals surface area contributed by atoms with Crippen molar-refractivity contribution >= 4 is 5.69 Å². The molecule has 5 N–H and O–H groups in total. The lowest BCUT2D eigenvalue weighted by molar-refractivity contribution is -0.385. The van der Waals surface area contributed by atoms with E-state index >= 15 is 0 Å². The molecule has 0 aliphatic carbocycles. The van der Waals surface area contributed by atoms with E-state index in [0.717, 1.165) is 6.07 Å². The molecule has 0 fully saturated rings. The second-order valence-corrected chi connectivity index (χ2v) is 2.54. The van der Waals surface area contributed by atoms with Crippen LogP contribution in [-0.4, -0.2) is 21.7 Å². The summed E-state index contributed by atoms with van der Waals surface area (Å²) in [6.07, 6.45) is 0.219. The highest BCUT2D eigenvalue weighted by Gasteiger charge is 2.13. The smallest absolute Gasteiger partial charge is 0.276 e. The Bertz CT molecular complexity index is 327. The molecule has 78 valence electrons. The summed E-state index contributed by atoms with van der Waals surface area (Å²) in [4.78, 5) is 9.88. The van der Waals surface area contributed by atoms with Gasteiger partial charge in [-0.3, -0.25) is 10.1 Å². The first-order valence-corrected chi connectivity index (χ1v) is 3.72. The highest BCUT2D eigenvalue weighted by Crippen LogP contribution is 2.23. The Morgan fingerprint density at radius 2 is 2.07 bits per heavy atom. The number of aromatic hydroxyl groups is 1. The lowest BCUT2D eigenvalue weighted by atomic mass is 10.1. The molecule has 1 aromatic rings. The van der Waals surface area contributed by atoms with Crippen LogP contribution in [0.2, 0.25) is 0 Å². The quantitative estimate of drug-likeness (QED) is 0.496. The fourth-order valence-electron chi connectivity index (χ4n) is 1.05. The summed E-state index contributed by atoms with van der Waals surface area (Å²) in [7, 11) is 0. The number of hydrogen-bond acceptors (Lipinski definition) is 5. The first-order valence-electron chi connectivity index (χ1n) is 3.72. The highest BCUT2D eigenvalue weighted by atomic mass is 16.6. The van der Waals surface area contributed by atoms with Crippen LogP contribution in [0.15, 0.2) is 18.2 Å². The van der Waals surface area contributed by atoms with Crippen molar-refractivity contribution in [2.75, 3.05) is 6.61 Å². The van der Waals surface area contributed by atoms with Gasteiger partial charge in [-0.25, -0.2) is 0 Å². The molecular formula is C8H12N2O4. The third-order valence-electron chi connectivity index (χ3n) is 1.65. The maximum Gasteiger partial charge on any atom is 0.276 e. The molecule has 1 rings (SSSR count). The molecular weight excluding hydrogens is 188 g/mol. The van der Waals surface area contributed by atoms with Gasteiger partial charge in [-0.15, -0.1) is 0 Å². The molecule has 1 aromatic carbocycles. The monoisotopic (exact) mass is 200 g/mol. The van der Waals surface area contributed by atoms with Gasteiger partial charge in [0.05, 0.1) is 11.0 Å². The van der Waals surface area contributed by atoms with E-state index in [-0.39, 0.29) is 30.6 Å². The summed E-state index contributed by atoms with van der Waals surface area (Å²) in [5.74, 6) is -0.145. The Labute approximate surface area is 80.5 Å². The first kappa shape index (κ1) is 12.3. The third-order valence-corrected chi connectivity index (χ3v) is 1.65. The summed E-state index contributed by atoms with van der Waals surface area (Å²) in [6, 6.07) is 3.87. The van der Waals surface area contributed by atoms with Crippen molar-refractivity contribution in [2.45, 2.75) is 6.42 Å². The molecule has 6 nitrogen and oxygen atoms in total. The van der Waals surface area contributed by atoms with Crippen LogP contribution in [-0.2, 0) is 6.42 Å². The molecule has 0 heterocycles. The Morgan fingerprint density at radius 1 is 1.43 bits per heavy atom. The maximum absolute atomic E-state index is 10.5. The number of phenols is 1. The minimum Gasteiger partial charge on any atom is -0.508 e. The topological polar surface area (TPSA) is 119 Å². The van der Waals surface area contributed by atoms with Gasteiger partial charge in [0.2, 0.25) is 0 Å². The predicted molar refractivity (Wildman–Crippen MR) is 50.6 cm³/mol. The minimum absolute atomic E-state index is 0. The van der Waals surface area contributed by atoms with Crippen molar-refractivity contribution in [2.24, 2.45) is 0 Å². The SMILES string of the molecule is N.O=[N+]([O-])c1cc(O)ccc1CCO. The number of nitro benzene ring substituents is 1. The summed E-state index contributed by atoms with van der Waals surface area (Å²) < 4.78 is 0. The van der Waals surface area contributed by atoms with Crippen LogP contribution < -0.4 is 6.15 Å². The number of hydrogen-bond donors (Lipinski definition) is 3. The van der Waals surface area contributed by atoms with Crippen LogP contribution in [0.1, 0.15) is 5.56 Å². The number of nitrogens with zero attached hydrogens (tertiary/aromatic N) is 1.